The van der Waals surface area contributed by atoms with Crippen LogP contribution in [0.3, 0.4) is 0 Å². The first-order valence-corrected chi connectivity index (χ1v) is 15.8. The minimum Gasteiger partial charge on any atom is -0.334 e. The highest BCUT2D eigenvalue weighted by atomic mass is 16.2. The van der Waals surface area contributed by atoms with E-state index in [0.29, 0.717) is 0 Å². The van der Waals surface area contributed by atoms with Gasteiger partial charge in [0.15, 0.2) is 0 Å². The van der Waals surface area contributed by atoms with Crippen LogP contribution in [0.5, 0.6) is 0 Å². The van der Waals surface area contributed by atoms with E-state index in [2.05, 4.69) is 64.5 Å². The summed E-state index contributed by atoms with van der Waals surface area (Å²) in [6.07, 6.45) is 14.4. The number of hydrogen-bond donors (Lipinski definition) is 3. The number of hydrogen-bond acceptors (Lipinski definition) is 2. The Kier molecular flexibility index (Phi) is 8.83. The summed E-state index contributed by atoms with van der Waals surface area (Å²) in [6.45, 7) is 0.781. The second kappa shape index (κ2) is 13.0. The van der Waals surface area contributed by atoms with Crippen LogP contribution in [0.4, 0.5) is 10.5 Å². The van der Waals surface area contributed by atoms with Gasteiger partial charge < -0.3 is 16.0 Å². The topological polar surface area (TPSA) is 53.2 Å². The van der Waals surface area contributed by atoms with Crippen LogP contribution in [0.2, 0.25) is 0 Å². The van der Waals surface area contributed by atoms with E-state index < -0.39 is 0 Å². The van der Waals surface area contributed by atoms with Crippen molar-refractivity contribution < 1.29 is 4.79 Å². The molecule has 2 amide bonds. The zero-order valence-corrected chi connectivity index (χ0v) is 23.8. The van der Waals surface area contributed by atoms with Crippen molar-refractivity contribution in [2.75, 3.05) is 11.9 Å². The fourth-order valence-electron chi connectivity index (χ4n) is 7.48. The minimum atomic E-state index is -0.135. The summed E-state index contributed by atoms with van der Waals surface area (Å²) in [5, 5.41) is 9.97. The van der Waals surface area contributed by atoms with Crippen LogP contribution in [-0.2, 0) is 0 Å². The van der Waals surface area contributed by atoms with Crippen LogP contribution in [-0.4, -0.2) is 24.7 Å². The number of nitrogens with one attached hydrogen (secondary N) is 3. The van der Waals surface area contributed by atoms with Crippen molar-refractivity contribution in [3.8, 4) is 0 Å². The van der Waals surface area contributed by atoms with Crippen molar-refractivity contribution in [1.82, 2.24) is 10.6 Å². The smallest absolute Gasteiger partial charge is 0.319 e. The summed E-state index contributed by atoms with van der Waals surface area (Å²) in [6, 6.07) is 29.0. The Balaban J connectivity index is 1.19. The van der Waals surface area contributed by atoms with Crippen LogP contribution in [0.1, 0.15) is 111 Å². The Bertz CT molecular complexity index is 1150. The van der Waals surface area contributed by atoms with Gasteiger partial charge in [0.2, 0.25) is 0 Å². The van der Waals surface area contributed by atoms with Crippen molar-refractivity contribution in [3.63, 3.8) is 0 Å². The summed E-state index contributed by atoms with van der Waals surface area (Å²) < 4.78 is 0. The summed E-state index contributed by atoms with van der Waals surface area (Å²) in [7, 11) is 0. The maximum absolute atomic E-state index is 12.7. The average molecular weight is 536 g/mol. The van der Waals surface area contributed by atoms with Gasteiger partial charge >= 0.3 is 6.03 Å². The summed E-state index contributed by atoms with van der Waals surface area (Å²) >= 11 is 0. The summed E-state index contributed by atoms with van der Waals surface area (Å²) in [5.41, 5.74) is 6.57. The van der Waals surface area contributed by atoms with Crippen LogP contribution in [0, 0.1) is 0 Å². The first-order chi connectivity index (χ1) is 19.7. The van der Waals surface area contributed by atoms with Crippen LogP contribution < -0.4 is 16.0 Å². The normalized spacial score (nSPS) is 22.3. The largest absolute Gasteiger partial charge is 0.334 e. The molecule has 1 aliphatic heterocycles. The molecule has 210 valence electrons. The molecule has 1 saturated heterocycles. The molecule has 0 bridgehead atoms. The Morgan fingerprint density at radius 2 is 1.20 bits per heavy atom. The van der Waals surface area contributed by atoms with Crippen molar-refractivity contribution in [2.45, 2.75) is 100 Å². The van der Waals surface area contributed by atoms with E-state index in [1.165, 1.54) is 86.5 Å². The molecular weight excluding hydrogens is 490 g/mol. The van der Waals surface area contributed by atoms with Crippen molar-refractivity contribution in [1.29, 1.82) is 0 Å². The number of benzene rings is 3. The first-order valence-electron chi connectivity index (χ1n) is 15.8. The number of amides is 2. The molecule has 4 nitrogen and oxygen atoms in total. The molecule has 3 aliphatic rings. The Labute approximate surface area is 240 Å². The average Bonchev–Trinajstić information content (AvgIpc) is 3.47. The van der Waals surface area contributed by atoms with Crippen LogP contribution >= 0.6 is 0 Å². The van der Waals surface area contributed by atoms with Gasteiger partial charge in [-0.25, -0.2) is 4.79 Å². The van der Waals surface area contributed by atoms with E-state index in [1.807, 2.05) is 30.3 Å². The highest BCUT2D eigenvalue weighted by Crippen LogP contribution is 2.38. The molecule has 2 atom stereocenters. The Morgan fingerprint density at radius 3 is 1.73 bits per heavy atom. The molecular formula is C36H45N3O. The molecule has 3 aromatic carbocycles. The number of para-hydroxylation sites is 1. The SMILES string of the molecule is O=C(Nc1ccccc1)N[C@H]1CN[C@@H](C(c2ccc(C3CCCCC3)cc2)c2ccc(C3CCCCC3)cc2)C1. The highest BCUT2D eigenvalue weighted by Gasteiger charge is 2.33. The zero-order valence-electron chi connectivity index (χ0n) is 23.8. The van der Waals surface area contributed by atoms with E-state index >= 15 is 0 Å². The van der Waals surface area contributed by atoms with Crippen LogP contribution in [0.15, 0.2) is 78.9 Å². The lowest BCUT2D eigenvalue weighted by atomic mass is 9.79. The van der Waals surface area contributed by atoms with Gasteiger partial charge in [-0.3, -0.25) is 0 Å². The quantitative estimate of drug-likeness (QED) is 0.284. The third-order valence-electron chi connectivity index (χ3n) is 9.68. The molecule has 3 N–H and O–H groups in total. The third kappa shape index (κ3) is 6.61. The fraction of sp³-hybridized carbons (Fsp3) is 0.472. The molecule has 4 heteroatoms. The summed E-state index contributed by atoms with van der Waals surface area (Å²) in [5.74, 6) is 1.69. The highest BCUT2D eigenvalue weighted by molar-refractivity contribution is 5.89. The van der Waals surface area contributed by atoms with Gasteiger partial charge in [-0.2, -0.15) is 0 Å². The molecule has 0 aromatic heterocycles. The lowest BCUT2D eigenvalue weighted by Gasteiger charge is -2.28. The van der Waals surface area contributed by atoms with E-state index in [1.54, 1.807) is 0 Å². The molecule has 3 aromatic rings. The van der Waals surface area contributed by atoms with E-state index in [4.69, 9.17) is 0 Å². The van der Waals surface area contributed by atoms with Gasteiger partial charge in [-0.1, -0.05) is 105 Å². The third-order valence-corrected chi connectivity index (χ3v) is 9.68. The molecule has 2 saturated carbocycles. The maximum Gasteiger partial charge on any atom is 0.319 e. The predicted molar refractivity (Wildman–Crippen MR) is 165 cm³/mol. The standard InChI is InChI=1S/C36H45N3O/c40-36(38-32-14-8-3-9-15-32)39-33-24-34(37-25-33)35(30-20-16-28(17-21-30)26-10-4-1-5-11-26)31-22-18-29(19-23-31)27-12-6-2-7-13-27/h3,8-9,14-23,26-27,33-35,37H,1-2,4-7,10-13,24-25H2,(H2,38,39,40)/t33-,34-/m1/s1. The number of anilines is 1. The zero-order chi connectivity index (χ0) is 27.1. The molecule has 6 rings (SSSR count). The van der Waals surface area contributed by atoms with Gasteiger partial charge in [0.05, 0.1) is 0 Å². The maximum atomic E-state index is 12.7. The van der Waals surface area contributed by atoms with Crippen molar-refractivity contribution >= 4 is 11.7 Å². The monoisotopic (exact) mass is 535 g/mol. The molecule has 2 aliphatic carbocycles. The second-order valence-corrected chi connectivity index (χ2v) is 12.4. The van der Waals surface area contributed by atoms with Crippen molar-refractivity contribution in [2.24, 2.45) is 0 Å². The van der Waals surface area contributed by atoms with E-state index in [0.717, 1.165) is 30.5 Å². The van der Waals surface area contributed by atoms with Gasteiger partial charge in [0, 0.05) is 30.2 Å². The number of carbonyl (C=O) groups is 1. The Hall–Kier alpha value is -3.11. The molecule has 40 heavy (non-hydrogen) atoms. The van der Waals surface area contributed by atoms with Gasteiger partial charge in [0.1, 0.15) is 0 Å². The minimum absolute atomic E-state index is 0.0965. The molecule has 1 heterocycles. The summed E-state index contributed by atoms with van der Waals surface area (Å²) in [4.78, 5) is 12.7. The molecule has 0 spiro atoms. The van der Waals surface area contributed by atoms with Gasteiger partial charge in [0.25, 0.3) is 0 Å². The molecule has 0 unspecified atom stereocenters. The number of urea groups is 1. The first kappa shape index (κ1) is 27.1. The number of carbonyl (C=O) groups excluding carboxylic acids is 1. The van der Waals surface area contributed by atoms with E-state index in [9.17, 15) is 4.79 Å². The van der Waals surface area contributed by atoms with Crippen molar-refractivity contribution in [3.05, 3.63) is 101 Å². The molecule has 3 fully saturated rings. The molecule has 0 radical (unpaired) electrons. The van der Waals surface area contributed by atoms with Gasteiger partial charge in [-0.15, -0.1) is 0 Å². The fourth-order valence-corrected chi connectivity index (χ4v) is 7.48. The lowest BCUT2D eigenvalue weighted by Crippen LogP contribution is -2.39. The number of rotatable bonds is 7. The lowest BCUT2D eigenvalue weighted by molar-refractivity contribution is 0.249. The second-order valence-electron chi connectivity index (χ2n) is 12.4. The van der Waals surface area contributed by atoms with Crippen LogP contribution in [0.25, 0.3) is 0 Å². The predicted octanol–water partition coefficient (Wildman–Crippen LogP) is 8.47. The Morgan fingerprint density at radius 1 is 0.675 bits per heavy atom. The van der Waals surface area contributed by atoms with E-state index in [-0.39, 0.29) is 24.0 Å². The van der Waals surface area contributed by atoms with Gasteiger partial charge in [-0.05, 0) is 78.3 Å².